The zero-order valence-corrected chi connectivity index (χ0v) is 13.7. The number of carbonyl (C=O) groups is 1. The van der Waals surface area contributed by atoms with Crippen LogP contribution in [0, 0.1) is 6.92 Å². The predicted octanol–water partition coefficient (Wildman–Crippen LogP) is 4.55. The summed E-state index contributed by atoms with van der Waals surface area (Å²) in [6, 6.07) is 6.14. The fourth-order valence-electron chi connectivity index (χ4n) is 2.19. The van der Waals surface area contributed by atoms with Gasteiger partial charge in [0, 0.05) is 26.9 Å². The Morgan fingerprint density at radius 2 is 2.16 bits per heavy atom. The van der Waals surface area contributed by atoms with Gasteiger partial charge in [0.25, 0.3) is 0 Å². The maximum atomic E-state index is 11.2. The number of hydrogen-bond donors (Lipinski definition) is 0. The monoisotopic (exact) mass is 337 g/mol. The molecule has 0 atom stereocenters. The van der Waals surface area contributed by atoms with E-state index in [-0.39, 0.29) is 5.78 Å². The van der Waals surface area contributed by atoms with Crippen LogP contribution in [0.5, 0.6) is 0 Å². The van der Waals surface area contributed by atoms with E-state index in [2.05, 4.69) is 33.2 Å². The lowest BCUT2D eigenvalue weighted by atomic mass is 10.0. The van der Waals surface area contributed by atoms with Crippen molar-refractivity contribution in [3.8, 4) is 0 Å². The van der Waals surface area contributed by atoms with Crippen molar-refractivity contribution in [2.24, 2.45) is 0 Å². The number of rotatable bonds is 4. The number of thioether (sulfide) groups is 1. The predicted molar refractivity (Wildman–Crippen MR) is 85.0 cm³/mol. The fraction of sp³-hybridized carbons (Fsp3) is 0.333. The second-order valence-corrected chi connectivity index (χ2v) is 6.30. The van der Waals surface area contributed by atoms with Gasteiger partial charge in [-0.1, -0.05) is 15.9 Å². The number of carbonyl (C=O) groups excluding carboxylic acids is 1. The molecule has 0 saturated carbocycles. The summed E-state index contributed by atoms with van der Waals surface area (Å²) >= 11 is 5.24. The summed E-state index contributed by atoms with van der Waals surface area (Å²) in [5, 5.41) is 1.16. The number of benzene rings is 1. The highest BCUT2D eigenvalue weighted by atomic mass is 79.9. The minimum atomic E-state index is 0.223. The first-order chi connectivity index (χ1) is 9.02. The Kier molecular flexibility index (Phi) is 4.63. The number of nitrogens with zero attached hydrogens (tertiary/aromatic N) is 1. The Hall–Kier alpha value is -0.870. The van der Waals surface area contributed by atoms with E-state index in [9.17, 15) is 4.79 Å². The Balaban J connectivity index is 2.61. The highest BCUT2D eigenvalue weighted by Gasteiger charge is 2.13. The molecule has 0 fully saturated rings. The number of Topliss-reactive ketones (excluding diaryl/α,β-unsaturated/α-hetero) is 1. The largest absolute Gasteiger partial charge is 0.300 e. The first-order valence-corrected chi connectivity index (χ1v) is 8.17. The molecule has 19 heavy (non-hydrogen) atoms. The van der Waals surface area contributed by atoms with E-state index in [0.29, 0.717) is 6.42 Å². The average molecular weight is 338 g/mol. The number of pyridine rings is 1. The lowest BCUT2D eigenvalue weighted by Crippen LogP contribution is -2.01. The lowest BCUT2D eigenvalue weighted by molar-refractivity contribution is -0.116. The molecule has 4 heteroatoms. The van der Waals surface area contributed by atoms with Crippen LogP contribution < -0.4 is 0 Å². The summed E-state index contributed by atoms with van der Waals surface area (Å²) < 4.78 is 1.05. The highest BCUT2D eigenvalue weighted by molar-refractivity contribution is 9.10. The van der Waals surface area contributed by atoms with Crippen LogP contribution in [-0.4, -0.2) is 17.0 Å². The molecule has 100 valence electrons. The van der Waals surface area contributed by atoms with E-state index in [1.807, 2.05) is 19.1 Å². The summed E-state index contributed by atoms with van der Waals surface area (Å²) in [5.74, 6) is 0.223. The van der Waals surface area contributed by atoms with Crippen molar-refractivity contribution in [1.29, 1.82) is 0 Å². The summed E-state index contributed by atoms with van der Waals surface area (Å²) in [6.45, 7) is 3.66. The van der Waals surface area contributed by atoms with Crippen molar-refractivity contribution < 1.29 is 4.79 Å². The molecule has 0 N–H and O–H groups in total. The third-order valence-corrected chi connectivity index (χ3v) is 4.50. The first-order valence-electron chi connectivity index (χ1n) is 6.15. The summed E-state index contributed by atoms with van der Waals surface area (Å²) in [6.07, 6.45) is 3.43. The van der Waals surface area contributed by atoms with Crippen LogP contribution >= 0.6 is 27.7 Å². The molecule has 1 aromatic heterocycles. The van der Waals surface area contributed by atoms with Gasteiger partial charge in [-0.3, -0.25) is 4.98 Å². The van der Waals surface area contributed by atoms with E-state index < -0.39 is 0 Å². The average Bonchev–Trinajstić information content (AvgIpc) is 2.36. The van der Waals surface area contributed by atoms with E-state index in [1.54, 1.807) is 18.7 Å². The number of ketones is 1. The van der Waals surface area contributed by atoms with Crippen LogP contribution in [0.2, 0.25) is 0 Å². The number of aromatic nitrogens is 1. The lowest BCUT2D eigenvalue weighted by Gasteiger charge is -2.13. The standard InChI is InChI=1S/C15H16BrNOS/c1-9(18)4-6-12-10(2)17-14-7-5-11(16)8-13(14)15(12)19-3/h5,7-8H,4,6H2,1-3H3. The Morgan fingerprint density at radius 3 is 2.79 bits per heavy atom. The van der Waals surface area contributed by atoms with Crippen LogP contribution in [0.25, 0.3) is 10.9 Å². The second kappa shape index (κ2) is 6.06. The van der Waals surface area contributed by atoms with E-state index in [4.69, 9.17) is 0 Å². The van der Waals surface area contributed by atoms with Gasteiger partial charge in [0.15, 0.2) is 0 Å². The summed E-state index contributed by atoms with van der Waals surface area (Å²) in [4.78, 5) is 17.1. The van der Waals surface area contributed by atoms with Crippen LogP contribution in [0.4, 0.5) is 0 Å². The molecule has 1 aromatic carbocycles. The van der Waals surface area contributed by atoms with Gasteiger partial charge in [0.2, 0.25) is 0 Å². The fourth-order valence-corrected chi connectivity index (χ4v) is 3.43. The molecule has 1 heterocycles. The molecule has 2 nitrogen and oxygen atoms in total. The van der Waals surface area contributed by atoms with Crippen molar-refractivity contribution in [3.05, 3.63) is 33.9 Å². The van der Waals surface area contributed by atoms with Gasteiger partial charge >= 0.3 is 0 Å². The third kappa shape index (κ3) is 3.18. The van der Waals surface area contributed by atoms with Gasteiger partial charge in [0.05, 0.1) is 5.52 Å². The topological polar surface area (TPSA) is 30.0 Å². The number of fused-ring (bicyclic) bond motifs is 1. The SMILES string of the molecule is CSc1c(CCC(C)=O)c(C)nc2ccc(Br)cc12. The van der Waals surface area contributed by atoms with Gasteiger partial charge < -0.3 is 4.79 Å². The van der Waals surface area contributed by atoms with Gasteiger partial charge in [-0.2, -0.15) is 0 Å². The summed E-state index contributed by atoms with van der Waals surface area (Å²) in [5.41, 5.74) is 3.24. The molecule has 2 rings (SSSR count). The molecule has 0 bridgehead atoms. The third-order valence-electron chi connectivity index (χ3n) is 3.13. The Bertz CT molecular complexity index is 640. The normalized spacial score (nSPS) is 10.9. The van der Waals surface area contributed by atoms with Crippen molar-refractivity contribution in [3.63, 3.8) is 0 Å². The van der Waals surface area contributed by atoms with Gasteiger partial charge in [-0.05, 0) is 50.3 Å². The highest BCUT2D eigenvalue weighted by Crippen LogP contribution is 2.33. The van der Waals surface area contributed by atoms with Crippen molar-refractivity contribution in [1.82, 2.24) is 4.98 Å². The molecule has 0 unspecified atom stereocenters. The quantitative estimate of drug-likeness (QED) is 0.766. The van der Waals surface area contributed by atoms with E-state index >= 15 is 0 Å². The Labute approximate surface area is 126 Å². The van der Waals surface area contributed by atoms with E-state index in [1.165, 1.54) is 10.5 Å². The van der Waals surface area contributed by atoms with Gasteiger partial charge in [0.1, 0.15) is 5.78 Å². The molecule has 0 aliphatic rings. The van der Waals surface area contributed by atoms with Crippen LogP contribution in [-0.2, 0) is 11.2 Å². The number of aryl methyl sites for hydroxylation is 1. The zero-order valence-electron chi connectivity index (χ0n) is 11.3. The first kappa shape index (κ1) is 14.5. The Morgan fingerprint density at radius 1 is 1.42 bits per heavy atom. The van der Waals surface area contributed by atoms with Crippen molar-refractivity contribution in [2.75, 3.05) is 6.26 Å². The number of halogens is 1. The van der Waals surface area contributed by atoms with Crippen molar-refractivity contribution in [2.45, 2.75) is 31.6 Å². The van der Waals surface area contributed by atoms with Crippen LogP contribution in [0.3, 0.4) is 0 Å². The molecule has 2 aromatic rings. The number of hydrogen-bond acceptors (Lipinski definition) is 3. The zero-order chi connectivity index (χ0) is 14.0. The molecular weight excluding hydrogens is 322 g/mol. The summed E-state index contributed by atoms with van der Waals surface area (Å²) in [7, 11) is 0. The maximum absolute atomic E-state index is 11.2. The molecule has 0 amide bonds. The molecule has 0 spiro atoms. The van der Waals surface area contributed by atoms with Crippen molar-refractivity contribution >= 4 is 44.4 Å². The molecule has 0 saturated heterocycles. The molecular formula is C15H16BrNOS. The van der Waals surface area contributed by atoms with Crippen LogP contribution in [0.15, 0.2) is 27.6 Å². The van der Waals surface area contributed by atoms with E-state index in [0.717, 1.165) is 27.5 Å². The maximum Gasteiger partial charge on any atom is 0.130 e. The minimum Gasteiger partial charge on any atom is -0.300 e. The smallest absolute Gasteiger partial charge is 0.130 e. The van der Waals surface area contributed by atoms with Gasteiger partial charge in [-0.15, -0.1) is 11.8 Å². The second-order valence-electron chi connectivity index (χ2n) is 4.57. The molecule has 0 radical (unpaired) electrons. The van der Waals surface area contributed by atoms with Gasteiger partial charge in [-0.25, -0.2) is 0 Å². The molecule has 0 aliphatic heterocycles. The van der Waals surface area contributed by atoms with Crippen LogP contribution in [0.1, 0.15) is 24.6 Å². The minimum absolute atomic E-state index is 0.223. The molecule has 0 aliphatic carbocycles.